The van der Waals surface area contributed by atoms with Gasteiger partial charge in [-0.25, -0.2) is 4.39 Å². The fraction of sp³-hybridized carbons (Fsp3) is 0.571. The molecule has 1 unspecified atom stereocenters. The molecule has 2 nitrogen and oxygen atoms in total. The first-order chi connectivity index (χ1) is 8.16. The highest BCUT2D eigenvalue weighted by Crippen LogP contribution is 2.14. The second-order valence-corrected chi connectivity index (χ2v) is 5.00. The van der Waals surface area contributed by atoms with Gasteiger partial charge in [-0.1, -0.05) is 17.7 Å². The van der Waals surface area contributed by atoms with Crippen molar-refractivity contribution in [3.05, 3.63) is 35.1 Å². The van der Waals surface area contributed by atoms with Crippen molar-refractivity contribution >= 4 is 0 Å². The second-order valence-electron chi connectivity index (χ2n) is 5.00. The van der Waals surface area contributed by atoms with E-state index in [-0.39, 0.29) is 5.82 Å². The predicted molar refractivity (Wildman–Crippen MR) is 68.5 cm³/mol. The first kappa shape index (κ1) is 12.5. The van der Waals surface area contributed by atoms with Gasteiger partial charge < -0.3 is 10.2 Å². The van der Waals surface area contributed by atoms with E-state index in [1.165, 1.54) is 19.4 Å². The molecular weight excluding hydrogens is 215 g/mol. The Morgan fingerprint density at radius 2 is 2.29 bits per heavy atom. The number of hydrogen-bond donors (Lipinski definition) is 1. The van der Waals surface area contributed by atoms with E-state index < -0.39 is 0 Å². The second kappa shape index (κ2) is 5.61. The smallest absolute Gasteiger partial charge is 0.127 e. The molecule has 1 aliphatic rings. The van der Waals surface area contributed by atoms with Crippen LogP contribution in [0.5, 0.6) is 0 Å². The fourth-order valence-corrected chi connectivity index (χ4v) is 2.45. The maximum atomic E-state index is 13.5. The minimum Gasteiger partial charge on any atom is -0.311 e. The van der Waals surface area contributed by atoms with Crippen LogP contribution in [0, 0.1) is 12.7 Å². The summed E-state index contributed by atoms with van der Waals surface area (Å²) in [6.45, 7) is 4.75. The number of likely N-dealkylation sites (tertiary alicyclic amines) is 1. The molecule has 0 amide bonds. The molecule has 0 aliphatic carbocycles. The monoisotopic (exact) mass is 236 g/mol. The zero-order chi connectivity index (χ0) is 12.3. The van der Waals surface area contributed by atoms with Gasteiger partial charge >= 0.3 is 0 Å². The number of likely N-dealkylation sites (N-methyl/N-ethyl adjacent to an activating group) is 1. The Morgan fingerprint density at radius 3 is 3.00 bits per heavy atom. The quantitative estimate of drug-likeness (QED) is 0.863. The third-order valence-corrected chi connectivity index (χ3v) is 3.57. The van der Waals surface area contributed by atoms with Gasteiger partial charge in [-0.05, 0) is 39.4 Å². The van der Waals surface area contributed by atoms with Crippen LogP contribution in [0.25, 0.3) is 0 Å². The Hall–Kier alpha value is -0.930. The van der Waals surface area contributed by atoms with Crippen LogP contribution in [0.3, 0.4) is 0 Å². The summed E-state index contributed by atoms with van der Waals surface area (Å²) in [7, 11) is 2.16. The number of benzene rings is 1. The van der Waals surface area contributed by atoms with Gasteiger partial charge in [-0.15, -0.1) is 0 Å². The normalized spacial score (nSPS) is 21.0. The average molecular weight is 236 g/mol. The Balaban J connectivity index is 1.83. The van der Waals surface area contributed by atoms with Crippen LogP contribution in [0.2, 0.25) is 0 Å². The van der Waals surface area contributed by atoms with Crippen LogP contribution in [-0.4, -0.2) is 31.1 Å². The molecule has 1 aromatic rings. The lowest BCUT2D eigenvalue weighted by molar-refractivity contribution is 0.300. The fourth-order valence-electron chi connectivity index (χ4n) is 2.45. The predicted octanol–water partition coefficient (Wildman–Crippen LogP) is 2.32. The van der Waals surface area contributed by atoms with Crippen molar-refractivity contribution < 1.29 is 4.39 Å². The SMILES string of the molecule is Cc1ccc(F)c(CNCC2CCCN2C)c1. The summed E-state index contributed by atoms with van der Waals surface area (Å²) in [6.07, 6.45) is 2.53. The molecule has 94 valence electrons. The summed E-state index contributed by atoms with van der Waals surface area (Å²) in [4.78, 5) is 2.37. The molecule has 1 heterocycles. The van der Waals surface area contributed by atoms with Crippen molar-refractivity contribution in [1.29, 1.82) is 0 Å². The number of nitrogens with zero attached hydrogens (tertiary/aromatic N) is 1. The van der Waals surface area contributed by atoms with E-state index in [2.05, 4.69) is 17.3 Å². The van der Waals surface area contributed by atoms with Gasteiger partial charge in [0.1, 0.15) is 5.82 Å². The van der Waals surface area contributed by atoms with Crippen molar-refractivity contribution in [2.24, 2.45) is 0 Å². The van der Waals surface area contributed by atoms with Crippen LogP contribution in [-0.2, 0) is 6.54 Å². The van der Waals surface area contributed by atoms with E-state index in [1.807, 2.05) is 19.1 Å². The third kappa shape index (κ3) is 3.27. The molecule has 3 heteroatoms. The molecule has 1 fully saturated rings. The molecule has 1 saturated heterocycles. The van der Waals surface area contributed by atoms with Crippen molar-refractivity contribution in [2.75, 3.05) is 20.1 Å². The highest BCUT2D eigenvalue weighted by Gasteiger charge is 2.19. The topological polar surface area (TPSA) is 15.3 Å². The summed E-state index contributed by atoms with van der Waals surface area (Å²) in [5.74, 6) is -0.108. The van der Waals surface area contributed by atoms with Crippen LogP contribution in [0.1, 0.15) is 24.0 Å². The van der Waals surface area contributed by atoms with Gasteiger partial charge in [0.15, 0.2) is 0 Å². The van der Waals surface area contributed by atoms with Crippen LogP contribution >= 0.6 is 0 Å². The third-order valence-electron chi connectivity index (χ3n) is 3.57. The molecular formula is C14H21FN2. The van der Waals surface area contributed by atoms with Crippen molar-refractivity contribution in [1.82, 2.24) is 10.2 Å². The number of aryl methyl sites for hydroxylation is 1. The molecule has 0 radical (unpaired) electrons. The van der Waals surface area contributed by atoms with E-state index in [9.17, 15) is 4.39 Å². The van der Waals surface area contributed by atoms with E-state index in [1.54, 1.807) is 6.07 Å². The minimum absolute atomic E-state index is 0.108. The summed E-state index contributed by atoms with van der Waals surface area (Å²) in [5, 5.41) is 3.36. The summed E-state index contributed by atoms with van der Waals surface area (Å²) in [6, 6.07) is 5.89. The van der Waals surface area contributed by atoms with E-state index in [0.717, 1.165) is 17.7 Å². The summed E-state index contributed by atoms with van der Waals surface area (Å²) in [5.41, 5.74) is 1.88. The van der Waals surface area contributed by atoms with Gasteiger partial charge in [0.2, 0.25) is 0 Å². The molecule has 17 heavy (non-hydrogen) atoms. The Labute approximate surface area is 103 Å². The highest BCUT2D eigenvalue weighted by molar-refractivity contribution is 5.23. The van der Waals surface area contributed by atoms with Gasteiger partial charge in [-0.2, -0.15) is 0 Å². The summed E-state index contributed by atoms with van der Waals surface area (Å²) < 4.78 is 13.5. The zero-order valence-corrected chi connectivity index (χ0v) is 10.7. The van der Waals surface area contributed by atoms with Crippen LogP contribution in [0.15, 0.2) is 18.2 Å². The minimum atomic E-state index is -0.108. The first-order valence-electron chi connectivity index (χ1n) is 6.33. The molecule has 1 aromatic carbocycles. The maximum absolute atomic E-state index is 13.5. The number of nitrogens with one attached hydrogen (secondary N) is 1. The van der Waals surface area contributed by atoms with Crippen molar-refractivity contribution in [3.8, 4) is 0 Å². The average Bonchev–Trinajstić information content (AvgIpc) is 2.70. The van der Waals surface area contributed by atoms with Gasteiger partial charge in [0.05, 0.1) is 0 Å². The Kier molecular flexibility index (Phi) is 4.13. The molecule has 1 atom stereocenters. The number of rotatable bonds is 4. The molecule has 0 aromatic heterocycles. The largest absolute Gasteiger partial charge is 0.311 e. The first-order valence-corrected chi connectivity index (χ1v) is 6.33. The lowest BCUT2D eigenvalue weighted by Crippen LogP contribution is -2.35. The lowest BCUT2D eigenvalue weighted by Gasteiger charge is -2.19. The standard InChI is InChI=1S/C14H21FN2/c1-11-5-6-14(15)12(8-11)9-16-10-13-4-3-7-17(13)2/h5-6,8,13,16H,3-4,7,9-10H2,1-2H3. The highest BCUT2D eigenvalue weighted by atomic mass is 19.1. The van der Waals surface area contributed by atoms with E-state index in [4.69, 9.17) is 0 Å². The van der Waals surface area contributed by atoms with Gasteiger partial charge in [-0.3, -0.25) is 0 Å². The van der Waals surface area contributed by atoms with E-state index >= 15 is 0 Å². The Morgan fingerprint density at radius 1 is 1.47 bits per heavy atom. The molecule has 1 aliphatic heterocycles. The zero-order valence-electron chi connectivity index (χ0n) is 10.7. The molecule has 0 saturated carbocycles. The number of halogens is 1. The molecule has 0 bridgehead atoms. The van der Waals surface area contributed by atoms with Crippen LogP contribution < -0.4 is 5.32 Å². The molecule has 1 N–H and O–H groups in total. The van der Waals surface area contributed by atoms with Crippen LogP contribution in [0.4, 0.5) is 4.39 Å². The lowest BCUT2D eigenvalue weighted by atomic mass is 10.1. The van der Waals surface area contributed by atoms with Gasteiger partial charge in [0, 0.05) is 24.7 Å². The Bertz CT molecular complexity index is 378. The molecule has 2 rings (SSSR count). The maximum Gasteiger partial charge on any atom is 0.127 e. The molecule has 0 spiro atoms. The number of hydrogen-bond acceptors (Lipinski definition) is 2. The van der Waals surface area contributed by atoms with Gasteiger partial charge in [0.25, 0.3) is 0 Å². The van der Waals surface area contributed by atoms with Crippen molar-refractivity contribution in [3.63, 3.8) is 0 Å². The van der Waals surface area contributed by atoms with Crippen molar-refractivity contribution in [2.45, 2.75) is 32.4 Å². The summed E-state index contributed by atoms with van der Waals surface area (Å²) >= 11 is 0. The van der Waals surface area contributed by atoms with E-state index in [0.29, 0.717) is 12.6 Å².